The zero-order chi connectivity index (χ0) is 12.7. The van der Waals surface area contributed by atoms with Gasteiger partial charge in [-0.25, -0.2) is 9.78 Å². The smallest absolute Gasteiger partial charge is 0.326 e. The quantitative estimate of drug-likeness (QED) is 0.920. The van der Waals surface area contributed by atoms with Gasteiger partial charge in [-0.1, -0.05) is 6.07 Å². The van der Waals surface area contributed by atoms with Gasteiger partial charge in [0, 0.05) is 0 Å². The van der Waals surface area contributed by atoms with Crippen molar-refractivity contribution in [1.29, 1.82) is 0 Å². The molecule has 0 spiro atoms. The first-order chi connectivity index (χ1) is 8.68. The molecule has 0 aromatic carbocycles. The highest BCUT2D eigenvalue weighted by Gasteiger charge is 2.31. The zero-order valence-corrected chi connectivity index (χ0v) is 11.9. The summed E-state index contributed by atoms with van der Waals surface area (Å²) in [6.07, 6.45) is 2.44. The van der Waals surface area contributed by atoms with Gasteiger partial charge in [-0.3, -0.25) is 0 Å². The molecule has 0 radical (unpaired) electrons. The number of thiophene rings is 1. The molecule has 0 saturated carbocycles. The Hall–Kier alpha value is -1.14. The minimum Gasteiger partial charge on any atom is -0.480 e. The van der Waals surface area contributed by atoms with Crippen LogP contribution in [0.15, 0.2) is 22.1 Å². The molecule has 4 nitrogen and oxygen atoms in total. The van der Waals surface area contributed by atoms with E-state index in [2.05, 4.69) is 20.9 Å². The van der Waals surface area contributed by atoms with E-state index < -0.39 is 12.0 Å². The standard InChI is InChI=1S/C12H11BrN2O2S/c13-10-7-3-1-4-8(12(16)17)15(7)11(14-10)9-5-2-6-18-9/h2,5-6,8H,1,3-4H2,(H,16,17). The Morgan fingerprint density at radius 1 is 1.61 bits per heavy atom. The first-order valence-corrected chi connectivity index (χ1v) is 7.39. The predicted octanol–water partition coefficient (Wildman–Crippen LogP) is 3.34. The molecule has 0 fully saturated rings. The summed E-state index contributed by atoms with van der Waals surface area (Å²) in [6, 6.07) is 3.43. The fourth-order valence-electron chi connectivity index (χ4n) is 2.40. The summed E-state index contributed by atoms with van der Waals surface area (Å²) >= 11 is 5.02. The van der Waals surface area contributed by atoms with Gasteiger partial charge < -0.3 is 9.67 Å². The van der Waals surface area contributed by atoms with Gasteiger partial charge in [0.05, 0.1) is 10.6 Å². The molecular weight excluding hydrogens is 316 g/mol. The molecule has 3 heterocycles. The number of imidazole rings is 1. The van der Waals surface area contributed by atoms with Crippen LogP contribution in [0.5, 0.6) is 0 Å². The van der Waals surface area contributed by atoms with Gasteiger partial charge in [-0.15, -0.1) is 11.3 Å². The number of halogens is 1. The molecule has 3 rings (SSSR count). The Balaban J connectivity index is 2.20. The minimum absolute atomic E-state index is 0.496. The van der Waals surface area contributed by atoms with E-state index in [9.17, 15) is 9.90 Å². The monoisotopic (exact) mass is 326 g/mol. The molecule has 0 amide bonds. The van der Waals surface area contributed by atoms with E-state index in [1.165, 1.54) is 0 Å². The van der Waals surface area contributed by atoms with Crippen molar-refractivity contribution >= 4 is 33.2 Å². The first-order valence-electron chi connectivity index (χ1n) is 5.71. The van der Waals surface area contributed by atoms with E-state index in [-0.39, 0.29) is 0 Å². The second-order valence-corrected chi connectivity index (χ2v) is 5.97. The van der Waals surface area contributed by atoms with Gasteiger partial charge in [0.25, 0.3) is 0 Å². The van der Waals surface area contributed by atoms with E-state index >= 15 is 0 Å². The van der Waals surface area contributed by atoms with Crippen LogP contribution < -0.4 is 0 Å². The lowest BCUT2D eigenvalue weighted by Crippen LogP contribution is -2.25. The normalized spacial score (nSPS) is 18.6. The molecule has 2 aromatic rings. The van der Waals surface area contributed by atoms with Crippen LogP contribution in [0.1, 0.15) is 24.6 Å². The summed E-state index contributed by atoms with van der Waals surface area (Å²) in [6.45, 7) is 0. The molecule has 1 atom stereocenters. The van der Waals surface area contributed by atoms with Gasteiger partial charge in [-0.05, 0) is 46.6 Å². The van der Waals surface area contributed by atoms with Crippen LogP contribution in [0.3, 0.4) is 0 Å². The lowest BCUT2D eigenvalue weighted by atomic mass is 10.0. The third-order valence-corrected chi connectivity index (χ3v) is 4.69. The number of aromatic nitrogens is 2. The van der Waals surface area contributed by atoms with Gasteiger partial charge in [0.1, 0.15) is 10.6 Å². The second kappa shape index (κ2) is 4.51. The zero-order valence-electron chi connectivity index (χ0n) is 9.47. The molecule has 18 heavy (non-hydrogen) atoms. The number of rotatable bonds is 2. The summed E-state index contributed by atoms with van der Waals surface area (Å²) in [5.41, 5.74) is 0.997. The lowest BCUT2D eigenvalue weighted by molar-refractivity contribution is -0.141. The molecule has 94 valence electrons. The van der Waals surface area contributed by atoms with E-state index in [0.717, 1.165) is 33.8 Å². The summed E-state index contributed by atoms with van der Waals surface area (Å²) in [5, 5.41) is 11.3. The Bertz CT molecular complexity index is 591. The third kappa shape index (κ3) is 1.80. The van der Waals surface area contributed by atoms with E-state index in [1.54, 1.807) is 11.3 Å². The minimum atomic E-state index is -0.779. The van der Waals surface area contributed by atoms with Crippen molar-refractivity contribution in [2.24, 2.45) is 0 Å². The predicted molar refractivity (Wildman–Crippen MR) is 72.9 cm³/mol. The SMILES string of the molecule is O=C(O)C1CCCc2c(Br)nc(-c3cccs3)n21. The summed E-state index contributed by atoms with van der Waals surface area (Å²) in [4.78, 5) is 16.9. The molecule has 0 saturated heterocycles. The number of aliphatic carboxylic acids is 1. The maximum Gasteiger partial charge on any atom is 0.326 e. The maximum absolute atomic E-state index is 11.4. The number of carbonyl (C=O) groups is 1. The van der Waals surface area contributed by atoms with Gasteiger partial charge >= 0.3 is 5.97 Å². The molecule has 2 aromatic heterocycles. The van der Waals surface area contributed by atoms with Crippen molar-refractivity contribution in [3.8, 4) is 10.7 Å². The Labute approximate surface area is 116 Å². The number of fused-ring (bicyclic) bond motifs is 1. The number of hydrogen-bond acceptors (Lipinski definition) is 3. The third-order valence-electron chi connectivity index (χ3n) is 3.19. The fourth-order valence-corrected chi connectivity index (χ4v) is 3.67. The van der Waals surface area contributed by atoms with Crippen LogP contribution in [0.2, 0.25) is 0 Å². The molecular formula is C12H11BrN2O2S. The van der Waals surface area contributed by atoms with Gasteiger partial charge in [0.15, 0.2) is 5.82 Å². The Morgan fingerprint density at radius 3 is 3.11 bits per heavy atom. The van der Waals surface area contributed by atoms with Crippen LogP contribution >= 0.6 is 27.3 Å². The molecule has 1 aliphatic rings. The second-order valence-electron chi connectivity index (χ2n) is 4.27. The van der Waals surface area contributed by atoms with E-state index in [4.69, 9.17) is 0 Å². The van der Waals surface area contributed by atoms with Crippen molar-refractivity contribution < 1.29 is 9.90 Å². The maximum atomic E-state index is 11.4. The number of carboxylic acid groups (broad SMARTS) is 1. The van der Waals surface area contributed by atoms with Crippen LogP contribution in [0.25, 0.3) is 10.7 Å². The number of carboxylic acids is 1. The van der Waals surface area contributed by atoms with Crippen molar-refractivity contribution in [2.75, 3.05) is 0 Å². The molecule has 1 unspecified atom stereocenters. The summed E-state index contributed by atoms with van der Waals surface area (Å²) < 4.78 is 2.65. The average Bonchev–Trinajstić information content (AvgIpc) is 2.97. The van der Waals surface area contributed by atoms with E-state index in [1.807, 2.05) is 22.1 Å². The topological polar surface area (TPSA) is 55.1 Å². The highest BCUT2D eigenvalue weighted by atomic mass is 79.9. The van der Waals surface area contributed by atoms with Gasteiger partial charge in [0.2, 0.25) is 0 Å². The first kappa shape index (κ1) is 11.9. The van der Waals surface area contributed by atoms with Crippen LogP contribution in [-0.2, 0) is 11.2 Å². The lowest BCUT2D eigenvalue weighted by Gasteiger charge is -2.23. The highest BCUT2D eigenvalue weighted by molar-refractivity contribution is 9.10. The molecule has 6 heteroatoms. The van der Waals surface area contributed by atoms with Crippen LogP contribution in [0.4, 0.5) is 0 Å². The van der Waals surface area contributed by atoms with Crippen LogP contribution in [0, 0.1) is 0 Å². The largest absolute Gasteiger partial charge is 0.480 e. The molecule has 1 N–H and O–H groups in total. The highest BCUT2D eigenvalue weighted by Crippen LogP contribution is 2.37. The van der Waals surface area contributed by atoms with Crippen molar-refractivity contribution in [3.63, 3.8) is 0 Å². The van der Waals surface area contributed by atoms with Crippen molar-refractivity contribution in [1.82, 2.24) is 9.55 Å². The Morgan fingerprint density at radius 2 is 2.44 bits per heavy atom. The molecule has 0 bridgehead atoms. The fraction of sp³-hybridized carbons (Fsp3) is 0.333. The molecule has 0 aliphatic carbocycles. The van der Waals surface area contributed by atoms with Crippen molar-refractivity contribution in [3.05, 3.63) is 27.8 Å². The summed E-state index contributed by atoms with van der Waals surface area (Å²) in [5.74, 6) is -0.0161. The summed E-state index contributed by atoms with van der Waals surface area (Å²) in [7, 11) is 0. The molecule has 1 aliphatic heterocycles. The average molecular weight is 327 g/mol. The van der Waals surface area contributed by atoms with E-state index in [0.29, 0.717) is 6.42 Å². The number of hydrogen-bond donors (Lipinski definition) is 1. The number of nitrogens with zero attached hydrogens (tertiary/aromatic N) is 2. The Kier molecular flexibility index (Phi) is 2.99. The van der Waals surface area contributed by atoms with Crippen molar-refractivity contribution in [2.45, 2.75) is 25.3 Å². The van der Waals surface area contributed by atoms with Gasteiger partial charge in [-0.2, -0.15) is 0 Å². The van der Waals surface area contributed by atoms with Crippen LogP contribution in [-0.4, -0.2) is 20.6 Å².